The van der Waals surface area contributed by atoms with Crippen LogP contribution in [-0.2, 0) is 0 Å². The second kappa shape index (κ2) is 6.57. The molecule has 0 bridgehead atoms. The Morgan fingerprint density at radius 2 is 1.67 bits per heavy atom. The number of benzene rings is 1. The second-order valence-electron chi connectivity index (χ2n) is 5.71. The largest absolute Gasteiger partial charge is 0.496 e. The minimum Gasteiger partial charge on any atom is -0.496 e. The minimum atomic E-state index is 0.582. The molecule has 3 aromatic rings. The zero-order valence-electron chi connectivity index (χ0n) is 14.5. The van der Waals surface area contributed by atoms with Crippen LogP contribution in [0.2, 0.25) is 0 Å². The molecule has 0 unspecified atom stereocenters. The summed E-state index contributed by atoms with van der Waals surface area (Å²) in [6, 6.07) is 8.05. The van der Waals surface area contributed by atoms with Crippen LogP contribution in [0.15, 0.2) is 24.3 Å². The summed E-state index contributed by atoms with van der Waals surface area (Å²) in [6.07, 6.45) is 0. The van der Waals surface area contributed by atoms with Crippen LogP contribution in [0, 0.1) is 27.7 Å². The van der Waals surface area contributed by atoms with Crippen LogP contribution in [0.5, 0.6) is 5.75 Å². The molecule has 0 saturated carbocycles. The Kier molecular flexibility index (Phi) is 4.49. The van der Waals surface area contributed by atoms with Gasteiger partial charge >= 0.3 is 0 Å². The van der Waals surface area contributed by atoms with Gasteiger partial charge in [0.15, 0.2) is 5.13 Å². The monoisotopic (exact) mass is 340 g/mol. The van der Waals surface area contributed by atoms with Crippen molar-refractivity contribution in [3.8, 4) is 17.0 Å². The van der Waals surface area contributed by atoms with Crippen LogP contribution < -0.4 is 10.1 Å². The lowest BCUT2D eigenvalue weighted by Gasteiger charge is -2.06. The average molecular weight is 340 g/mol. The van der Waals surface area contributed by atoms with E-state index < -0.39 is 0 Å². The summed E-state index contributed by atoms with van der Waals surface area (Å²) in [4.78, 5) is 14.7. The van der Waals surface area contributed by atoms with Gasteiger partial charge in [0, 0.05) is 21.8 Å². The van der Waals surface area contributed by atoms with E-state index in [2.05, 4.69) is 28.3 Å². The molecule has 0 amide bonds. The van der Waals surface area contributed by atoms with Crippen molar-refractivity contribution in [1.29, 1.82) is 0 Å². The van der Waals surface area contributed by atoms with Gasteiger partial charge in [-0.15, -0.1) is 11.3 Å². The Balaban J connectivity index is 1.91. The Morgan fingerprint density at radius 3 is 2.29 bits per heavy atom. The fourth-order valence-corrected chi connectivity index (χ4v) is 3.45. The maximum Gasteiger partial charge on any atom is 0.229 e. The number of nitrogens with zero attached hydrogens (tertiary/aromatic N) is 3. The number of anilines is 2. The summed E-state index contributed by atoms with van der Waals surface area (Å²) in [5.74, 6) is 1.47. The third-order valence-corrected chi connectivity index (χ3v) is 4.55. The predicted molar refractivity (Wildman–Crippen MR) is 98.4 cm³/mol. The molecule has 0 fully saturated rings. The number of hydrogen-bond donors (Lipinski definition) is 1. The number of aryl methyl sites for hydroxylation is 4. The Labute approximate surface area is 145 Å². The van der Waals surface area contributed by atoms with Crippen molar-refractivity contribution in [2.45, 2.75) is 27.7 Å². The van der Waals surface area contributed by atoms with E-state index in [4.69, 9.17) is 9.72 Å². The molecule has 0 radical (unpaired) electrons. The molecule has 1 N–H and O–H groups in total. The van der Waals surface area contributed by atoms with Gasteiger partial charge in [-0.25, -0.2) is 15.0 Å². The summed E-state index contributed by atoms with van der Waals surface area (Å²) in [6.45, 7) is 8.02. The van der Waals surface area contributed by atoms with Crippen molar-refractivity contribution in [1.82, 2.24) is 15.0 Å². The highest BCUT2D eigenvalue weighted by atomic mass is 32.1. The lowest BCUT2D eigenvalue weighted by Crippen LogP contribution is -1.99. The first-order chi connectivity index (χ1) is 11.5. The topological polar surface area (TPSA) is 59.9 Å². The van der Waals surface area contributed by atoms with Gasteiger partial charge in [0.25, 0.3) is 0 Å². The van der Waals surface area contributed by atoms with Gasteiger partial charge in [-0.05, 0) is 57.5 Å². The van der Waals surface area contributed by atoms with Crippen LogP contribution in [0.25, 0.3) is 11.3 Å². The quantitative estimate of drug-likeness (QED) is 0.753. The molecule has 3 rings (SSSR count). The number of thiazole rings is 1. The predicted octanol–water partition coefficient (Wildman–Crippen LogP) is 4.59. The van der Waals surface area contributed by atoms with Crippen molar-refractivity contribution in [2.75, 3.05) is 12.4 Å². The molecule has 0 aliphatic heterocycles. The Hall–Kier alpha value is -2.47. The number of rotatable bonds is 4. The third kappa shape index (κ3) is 3.38. The second-order valence-corrected chi connectivity index (χ2v) is 6.91. The fourth-order valence-electron chi connectivity index (χ4n) is 2.62. The van der Waals surface area contributed by atoms with Crippen molar-refractivity contribution in [3.63, 3.8) is 0 Å². The maximum atomic E-state index is 5.33. The molecule has 0 aliphatic carbocycles. The standard InChI is InChI=1S/C18H20N4OS/c1-10-8-14(6-7-15(10)23-5)16-13(4)24-18(21-16)22-17-19-11(2)9-12(3)20-17/h6-9H,1-5H3,(H,19,20,21,22). The number of nitrogens with one attached hydrogen (secondary N) is 1. The molecule has 2 heterocycles. The molecule has 24 heavy (non-hydrogen) atoms. The van der Waals surface area contributed by atoms with E-state index in [1.165, 1.54) is 0 Å². The highest BCUT2D eigenvalue weighted by molar-refractivity contribution is 7.16. The van der Waals surface area contributed by atoms with E-state index in [9.17, 15) is 0 Å². The fraction of sp³-hybridized carbons (Fsp3) is 0.278. The van der Waals surface area contributed by atoms with Crippen LogP contribution in [0.3, 0.4) is 0 Å². The van der Waals surface area contributed by atoms with E-state index in [1.54, 1.807) is 18.4 Å². The molecule has 0 atom stereocenters. The molecule has 2 aromatic heterocycles. The van der Waals surface area contributed by atoms with Crippen molar-refractivity contribution >= 4 is 22.4 Å². The highest BCUT2D eigenvalue weighted by Crippen LogP contribution is 2.33. The van der Waals surface area contributed by atoms with Crippen LogP contribution in [-0.4, -0.2) is 22.1 Å². The van der Waals surface area contributed by atoms with E-state index >= 15 is 0 Å². The minimum absolute atomic E-state index is 0.582. The molecular formula is C18H20N4OS. The molecular weight excluding hydrogens is 320 g/mol. The molecule has 0 aliphatic rings. The molecule has 0 spiro atoms. The van der Waals surface area contributed by atoms with Gasteiger partial charge in [0.2, 0.25) is 5.95 Å². The first-order valence-corrected chi connectivity index (χ1v) is 8.49. The lowest BCUT2D eigenvalue weighted by molar-refractivity contribution is 0.412. The summed E-state index contributed by atoms with van der Waals surface area (Å²) in [5, 5.41) is 4.01. The van der Waals surface area contributed by atoms with Crippen molar-refractivity contribution in [3.05, 3.63) is 46.1 Å². The number of aromatic nitrogens is 3. The zero-order valence-corrected chi connectivity index (χ0v) is 15.3. The number of hydrogen-bond acceptors (Lipinski definition) is 6. The van der Waals surface area contributed by atoms with E-state index in [-0.39, 0.29) is 0 Å². The molecule has 0 saturated heterocycles. The first kappa shape index (κ1) is 16.4. The normalized spacial score (nSPS) is 10.7. The van der Waals surface area contributed by atoms with Gasteiger partial charge in [-0.1, -0.05) is 0 Å². The smallest absolute Gasteiger partial charge is 0.229 e. The van der Waals surface area contributed by atoms with Crippen LogP contribution in [0.4, 0.5) is 11.1 Å². The van der Waals surface area contributed by atoms with Crippen molar-refractivity contribution in [2.24, 2.45) is 0 Å². The van der Waals surface area contributed by atoms with Crippen LogP contribution in [0.1, 0.15) is 21.8 Å². The first-order valence-electron chi connectivity index (χ1n) is 7.68. The van der Waals surface area contributed by atoms with E-state index in [0.29, 0.717) is 5.95 Å². The third-order valence-electron chi connectivity index (χ3n) is 3.67. The van der Waals surface area contributed by atoms with Crippen molar-refractivity contribution < 1.29 is 4.74 Å². The van der Waals surface area contributed by atoms with Gasteiger partial charge in [0.1, 0.15) is 5.75 Å². The molecule has 6 heteroatoms. The van der Waals surface area contributed by atoms with Gasteiger partial charge in [0.05, 0.1) is 12.8 Å². The summed E-state index contributed by atoms with van der Waals surface area (Å²) in [7, 11) is 1.68. The highest BCUT2D eigenvalue weighted by Gasteiger charge is 2.12. The van der Waals surface area contributed by atoms with E-state index in [1.807, 2.05) is 39.0 Å². The van der Waals surface area contributed by atoms with Crippen LogP contribution >= 0.6 is 11.3 Å². The average Bonchev–Trinajstić information content (AvgIpc) is 2.86. The molecule has 1 aromatic carbocycles. The molecule has 124 valence electrons. The molecule has 5 nitrogen and oxygen atoms in total. The summed E-state index contributed by atoms with van der Waals surface area (Å²) in [5.41, 5.74) is 5.01. The SMILES string of the molecule is COc1ccc(-c2nc(Nc3nc(C)cc(C)n3)sc2C)cc1C. The summed E-state index contributed by atoms with van der Waals surface area (Å²) < 4.78 is 5.33. The van der Waals surface area contributed by atoms with Gasteiger partial charge in [-0.2, -0.15) is 0 Å². The lowest BCUT2D eigenvalue weighted by atomic mass is 10.1. The summed E-state index contributed by atoms with van der Waals surface area (Å²) >= 11 is 1.60. The van der Waals surface area contributed by atoms with E-state index in [0.717, 1.165) is 44.0 Å². The number of methoxy groups -OCH3 is 1. The Morgan fingerprint density at radius 1 is 0.958 bits per heavy atom. The zero-order chi connectivity index (χ0) is 17.3. The van der Waals surface area contributed by atoms with Gasteiger partial charge in [-0.3, -0.25) is 0 Å². The number of ether oxygens (including phenoxy) is 1. The Bertz CT molecular complexity index is 868. The maximum absolute atomic E-state index is 5.33. The van der Waals surface area contributed by atoms with Gasteiger partial charge < -0.3 is 10.1 Å².